The van der Waals surface area contributed by atoms with Gasteiger partial charge in [0.25, 0.3) is 0 Å². The van der Waals surface area contributed by atoms with E-state index in [2.05, 4.69) is 15.9 Å². The third kappa shape index (κ3) is 3.33. The first kappa shape index (κ1) is 15.7. The number of nitrogens with zero attached hydrogens (tertiary/aromatic N) is 1. The average molecular weight is 407 g/mol. The van der Waals surface area contributed by atoms with Crippen molar-refractivity contribution in [1.29, 1.82) is 0 Å². The van der Waals surface area contributed by atoms with Crippen molar-refractivity contribution in [2.75, 3.05) is 24.6 Å². The maximum atomic E-state index is 12.5. The molecule has 1 aromatic rings. The van der Waals surface area contributed by atoms with Gasteiger partial charge in [-0.05, 0) is 12.1 Å². The summed E-state index contributed by atoms with van der Waals surface area (Å²) in [5, 5.41) is 0.150. The number of hydrogen-bond acceptors (Lipinski definition) is 3. The van der Waals surface area contributed by atoms with Gasteiger partial charge in [0.05, 0.1) is 10.0 Å². The van der Waals surface area contributed by atoms with Crippen LogP contribution in [-0.2, 0) is 20.8 Å². The Balaban J connectivity index is 2.43. The van der Waals surface area contributed by atoms with Crippen LogP contribution in [0.1, 0.15) is 0 Å². The summed E-state index contributed by atoms with van der Waals surface area (Å²) in [5.41, 5.74) is 0. The Morgan fingerprint density at radius 2 is 1.63 bits per heavy atom. The fourth-order valence-electron chi connectivity index (χ4n) is 1.77. The van der Waals surface area contributed by atoms with Crippen molar-refractivity contribution < 1.29 is 12.6 Å². The Morgan fingerprint density at radius 1 is 1.16 bits per heavy atom. The van der Waals surface area contributed by atoms with Crippen LogP contribution in [0.2, 0.25) is 10.0 Å². The summed E-state index contributed by atoms with van der Waals surface area (Å²) in [4.78, 5) is -0.0910. The molecule has 1 fully saturated rings. The van der Waals surface area contributed by atoms with E-state index in [4.69, 9.17) is 23.2 Å². The smallest absolute Gasteiger partial charge is 0.246 e. The van der Waals surface area contributed by atoms with E-state index in [1.54, 1.807) is 0 Å². The lowest BCUT2D eigenvalue weighted by molar-refractivity contribution is 0.439. The molecule has 1 heterocycles. The van der Waals surface area contributed by atoms with E-state index in [9.17, 15) is 12.6 Å². The zero-order valence-electron chi connectivity index (χ0n) is 9.61. The van der Waals surface area contributed by atoms with Crippen molar-refractivity contribution >= 4 is 60.0 Å². The van der Waals surface area contributed by atoms with Crippen molar-refractivity contribution in [2.45, 2.75) is 4.90 Å². The monoisotopic (exact) mass is 405 g/mol. The molecule has 4 nitrogen and oxygen atoms in total. The molecule has 0 atom stereocenters. The van der Waals surface area contributed by atoms with Crippen LogP contribution in [0.15, 0.2) is 21.5 Å². The molecule has 0 bridgehead atoms. The van der Waals surface area contributed by atoms with Crippen LogP contribution in [0, 0.1) is 0 Å². The summed E-state index contributed by atoms with van der Waals surface area (Å²) >= 11 is 15.2. The van der Waals surface area contributed by atoms with Crippen molar-refractivity contribution in [3.8, 4) is 0 Å². The molecule has 0 radical (unpaired) electrons. The number of benzene rings is 1. The van der Waals surface area contributed by atoms with Gasteiger partial charge >= 0.3 is 0 Å². The predicted octanol–water partition coefficient (Wildman–Crippen LogP) is 2.51. The molecular weight excluding hydrogens is 397 g/mol. The summed E-state index contributed by atoms with van der Waals surface area (Å²) in [6, 6.07) is 2.98. The van der Waals surface area contributed by atoms with Crippen molar-refractivity contribution in [2.24, 2.45) is 0 Å². The van der Waals surface area contributed by atoms with Gasteiger partial charge in [0.2, 0.25) is 10.0 Å². The molecule has 0 aromatic heterocycles. The third-order valence-electron chi connectivity index (χ3n) is 2.70. The molecule has 1 aromatic carbocycles. The molecular formula is C10H10BrCl2NO3S2. The third-order valence-corrected chi connectivity index (χ3v) is 7.25. The molecule has 9 heteroatoms. The molecule has 19 heavy (non-hydrogen) atoms. The van der Waals surface area contributed by atoms with E-state index in [1.165, 1.54) is 16.4 Å². The normalized spacial score (nSPS) is 18.7. The quantitative estimate of drug-likeness (QED) is 0.758. The first-order valence-corrected chi connectivity index (χ1v) is 9.80. The molecule has 0 N–H and O–H groups in total. The molecule has 1 aliphatic rings. The first-order valence-electron chi connectivity index (χ1n) is 5.32. The second kappa shape index (κ2) is 5.99. The highest BCUT2D eigenvalue weighted by Crippen LogP contribution is 2.34. The van der Waals surface area contributed by atoms with Crippen LogP contribution in [0.25, 0.3) is 0 Å². The van der Waals surface area contributed by atoms with E-state index in [0.717, 1.165) is 0 Å². The van der Waals surface area contributed by atoms with Crippen molar-refractivity contribution in [3.05, 3.63) is 26.7 Å². The number of rotatable bonds is 2. The fourth-order valence-corrected chi connectivity index (χ4v) is 6.37. The van der Waals surface area contributed by atoms with Gasteiger partial charge in [-0.2, -0.15) is 4.31 Å². The molecule has 0 amide bonds. The Bertz CT molecular complexity index is 603. The van der Waals surface area contributed by atoms with Crippen LogP contribution < -0.4 is 0 Å². The predicted molar refractivity (Wildman–Crippen MR) is 80.8 cm³/mol. The molecule has 1 saturated heterocycles. The van der Waals surface area contributed by atoms with E-state index in [0.29, 0.717) is 16.0 Å². The lowest BCUT2D eigenvalue weighted by Crippen LogP contribution is -2.41. The summed E-state index contributed by atoms with van der Waals surface area (Å²) in [5.74, 6) is 0.677. The van der Waals surface area contributed by atoms with Crippen molar-refractivity contribution in [3.63, 3.8) is 0 Å². The standard InChI is InChI=1S/C10H10BrCl2NO3S2/c11-7-5-8(12)10(9(13)6-7)19(16,17)14-1-3-18(15)4-2-14/h5-6H,1-4H2. The minimum Gasteiger partial charge on any atom is -0.259 e. The molecule has 1 aliphatic heterocycles. The summed E-state index contributed by atoms with van der Waals surface area (Å²) < 4.78 is 38.1. The summed E-state index contributed by atoms with van der Waals surface area (Å²) in [6.45, 7) is 0.440. The molecule has 2 rings (SSSR count). The first-order chi connectivity index (χ1) is 8.82. The van der Waals surface area contributed by atoms with E-state index in [-0.39, 0.29) is 28.0 Å². The summed E-state index contributed by atoms with van der Waals surface area (Å²) in [6.07, 6.45) is 0. The maximum absolute atomic E-state index is 12.5. The van der Waals surface area contributed by atoms with Gasteiger partial charge in [-0.25, -0.2) is 8.42 Å². The van der Waals surface area contributed by atoms with E-state index in [1.807, 2.05) is 0 Å². The number of hydrogen-bond donors (Lipinski definition) is 0. The van der Waals surface area contributed by atoms with E-state index < -0.39 is 20.8 Å². The highest BCUT2D eigenvalue weighted by atomic mass is 79.9. The lowest BCUT2D eigenvalue weighted by atomic mass is 10.4. The SMILES string of the molecule is O=S1CCN(S(=O)(=O)c2c(Cl)cc(Br)cc2Cl)CC1. The minimum absolute atomic E-state index is 0.0751. The summed E-state index contributed by atoms with van der Waals surface area (Å²) in [7, 11) is -4.70. The number of sulfonamides is 1. The second-order valence-corrected chi connectivity index (χ2v) is 9.25. The van der Waals surface area contributed by atoms with Crippen LogP contribution in [0.5, 0.6) is 0 Å². The number of halogens is 3. The Labute approximate surface area is 132 Å². The van der Waals surface area contributed by atoms with Crippen LogP contribution in [0.3, 0.4) is 0 Å². The van der Waals surface area contributed by atoms with Gasteiger partial charge in [0.1, 0.15) is 4.90 Å². The highest BCUT2D eigenvalue weighted by Gasteiger charge is 2.31. The van der Waals surface area contributed by atoms with Crippen LogP contribution in [0.4, 0.5) is 0 Å². The van der Waals surface area contributed by atoms with Gasteiger partial charge in [0.15, 0.2) is 0 Å². The van der Waals surface area contributed by atoms with Gasteiger partial charge in [0, 0.05) is 39.9 Å². The second-order valence-electron chi connectivity index (χ2n) is 3.95. The van der Waals surface area contributed by atoms with Gasteiger partial charge in [-0.15, -0.1) is 0 Å². The topological polar surface area (TPSA) is 54.5 Å². The molecule has 0 spiro atoms. The van der Waals surface area contributed by atoms with E-state index >= 15 is 0 Å². The van der Waals surface area contributed by atoms with Gasteiger partial charge in [-0.3, -0.25) is 4.21 Å². The fraction of sp³-hybridized carbons (Fsp3) is 0.400. The zero-order valence-corrected chi connectivity index (χ0v) is 14.3. The maximum Gasteiger partial charge on any atom is 0.246 e. The Morgan fingerprint density at radius 3 is 2.11 bits per heavy atom. The Kier molecular flexibility index (Phi) is 4.96. The minimum atomic E-state index is -3.75. The van der Waals surface area contributed by atoms with Crippen molar-refractivity contribution in [1.82, 2.24) is 4.31 Å². The van der Waals surface area contributed by atoms with Gasteiger partial charge < -0.3 is 0 Å². The van der Waals surface area contributed by atoms with Crippen LogP contribution >= 0.6 is 39.1 Å². The molecule has 0 aliphatic carbocycles. The average Bonchev–Trinajstić information content (AvgIpc) is 2.27. The lowest BCUT2D eigenvalue weighted by Gasteiger charge is -2.26. The molecule has 0 unspecified atom stereocenters. The molecule has 106 valence electrons. The highest BCUT2D eigenvalue weighted by molar-refractivity contribution is 9.10. The Hall–Kier alpha value is 0.340. The largest absolute Gasteiger partial charge is 0.259 e. The van der Waals surface area contributed by atoms with Crippen LogP contribution in [-0.4, -0.2) is 41.5 Å². The molecule has 0 saturated carbocycles. The zero-order chi connectivity index (χ0) is 14.2. The van der Waals surface area contributed by atoms with Gasteiger partial charge in [-0.1, -0.05) is 39.1 Å².